The third-order valence-corrected chi connectivity index (χ3v) is 5.97. The van der Waals surface area contributed by atoms with E-state index in [-0.39, 0.29) is 6.04 Å². The highest BCUT2D eigenvalue weighted by molar-refractivity contribution is 5.10. The van der Waals surface area contributed by atoms with E-state index in [0.29, 0.717) is 16.2 Å². The molecule has 110 valence electrons. The fourth-order valence-electron chi connectivity index (χ4n) is 6.80. The average Bonchev–Trinajstić information content (AvgIpc) is 2.20. The van der Waals surface area contributed by atoms with Crippen LogP contribution in [-0.4, -0.2) is 19.3 Å². The summed E-state index contributed by atoms with van der Waals surface area (Å²) in [5.74, 6) is 0.977. The van der Waals surface area contributed by atoms with E-state index in [2.05, 4.69) is 20.8 Å². The molecular formula is C17H31NO. The molecule has 4 saturated carbocycles. The van der Waals surface area contributed by atoms with Crippen LogP contribution in [0.15, 0.2) is 0 Å². The molecule has 2 nitrogen and oxygen atoms in total. The van der Waals surface area contributed by atoms with Crippen LogP contribution in [0.3, 0.4) is 0 Å². The molecule has 4 fully saturated rings. The number of hydrogen-bond acceptors (Lipinski definition) is 2. The van der Waals surface area contributed by atoms with Crippen LogP contribution < -0.4 is 5.73 Å². The second-order valence-corrected chi connectivity index (χ2v) is 8.75. The zero-order chi connectivity index (χ0) is 13.7. The van der Waals surface area contributed by atoms with E-state index in [1.165, 1.54) is 44.9 Å². The minimum absolute atomic E-state index is 0.239. The highest BCUT2D eigenvalue weighted by Gasteiger charge is 2.59. The lowest BCUT2D eigenvalue weighted by Gasteiger charge is -2.66. The molecule has 0 aromatic rings. The lowest BCUT2D eigenvalue weighted by molar-refractivity contribution is -0.150. The Bertz CT molecular complexity index is 335. The molecule has 0 aliphatic heterocycles. The standard InChI is InChI=1S/C17H31NO/c1-4-19-9-14(18)8-17-7-13-5-15(2,11-17)10-16(3,6-13)12-17/h13-14H,4-12,18H2,1-3H3. The second kappa shape index (κ2) is 4.46. The van der Waals surface area contributed by atoms with Gasteiger partial charge in [0.15, 0.2) is 0 Å². The van der Waals surface area contributed by atoms with Crippen LogP contribution in [-0.2, 0) is 4.74 Å². The van der Waals surface area contributed by atoms with Gasteiger partial charge in [-0.05, 0) is 74.0 Å². The fraction of sp³-hybridized carbons (Fsp3) is 1.00. The molecule has 19 heavy (non-hydrogen) atoms. The van der Waals surface area contributed by atoms with Gasteiger partial charge < -0.3 is 10.5 Å². The first kappa shape index (κ1) is 13.9. The number of rotatable bonds is 5. The summed E-state index contributed by atoms with van der Waals surface area (Å²) in [6.07, 6.45) is 9.89. The SMILES string of the molecule is CCOCC(N)CC12CC3CC(C)(CC(C)(C3)C1)C2. The van der Waals surface area contributed by atoms with Gasteiger partial charge in [0.1, 0.15) is 0 Å². The van der Waals surface area contributed by atoms with E-state index in [0.717, 1.165) is 19.1 Å². The second-order valence-electron chi connectivity index (χ2n) is 8.75. The van der Waals surface area contributed by atoms with Crippen molar-refractivity contribution in [3.63, 3.8) is 0 Å². The Morgan fingerprint density at radius 2 is 1.74 bits per heavy atom. The van der Waals surface area contributed by atoms with E-state index in [1.54, 1.807) is 0 Å². The van der Waals surface area contributed by atoms with E-state index < -0.39 is 0 Å². The van der Waals surface area contributed by atoms with Crippen LogP contribution in [0, 0.1) is 22.2 Å². The maximum absolute atomic E-state index is 6.34. The predicted octanol–water partition coefficient (Wildman–Crippen LogP) is 3.74. The Balaban J connectivity index is 1.73. The van der Waals surface area contributed by atoms with Gasteiger partial charge in [-0.2, -0.15) is 0 Å². The summed E-state index contributed by atoms with van der Waals surface area (Å²) in [7, 11) is 0. The van der Waals surface area contributed by atoms with Crippen molar-refractivity contribution in [2.75, 3.05) is 13.2 Å². The van der Waals surface area contributed by atoms with Crippen molar-refractivity contribution >= 4 is 0 Å². The molecule has 4 aliphatic rings. The van der Waals surface area contributed by atoms with Crippen molar-refractivity contribution in [3.8, 4) is 0 Å². The highest BCUT2D eigenvalue weighted by Crippen LogP contribution is 2.70. The van der Waals surface area contributed by atoms with Crippen LogP contribution >= 0.6 is 0 Å². The third kappa shape index (κ3) is 2.58. The zero-order valence-electron chi connectivity index (χ0n) is 13.0. The van der Waals surface area contributed by atoms with Crippen molar-refractivity contribution in [1.82, 2.24) is 0 Å². The van der Waals surface area contributed by atoms with Crippen molar-refractivity contribution in [3.05, 3.63) is 0 Å². The highest BCUT2D eigenvalue weighted by atomic mass is 16.5. The first-order valence-corrected chi connectivity index (χ1v) is 8.19. The Morgan fingerprint density at radius 1 is 1.11 bits per heavy atom. The normalized spacial score (nSPS) is 49.6. The largest absolute Gasteiger partial charge is 0.380 e. The Morgan fingerprint density at radius 3 is 2.26 bits per heavy atom. The molecule has 0 aromatic heterocycles. The maximum atomic E-state index is 6.34. The van der Waals surface area contributed by atoms with Gasteiger partial charge in [-0.1, -0.05) is 13.8 Å². The predicted molar refractivity (Wildman–Crippen MR) is 78.9 cm³/mol. The molecule has 4 rings (SSSR count). The van der Waals surface area contributed by atoms with Crippen LogP contribution in [0.5, 0.6) is 0 Å². The van der Waals surface area contributed by atoms with Gasteiger partial charge in [0.25, 0.3) is 0 Å². The van der Waals surface area contributed by atoms with Gasteiger partial charge in [0.05, 0.1) is 6.61 Å². The summed E-state index contributed by atoms with van der Waals surface area (Å²) in [4.78, 5) is 0. The first-order chi connectivity index (χ1) is 8.86. The molecule has 0 radical (unpaired) electrons. The Hall–Kier alpha value is -0.0800. The fourth-order valence-corrected chi connectivity index (χ4v) is 6.80. The summed E-state index contributed by atoms with van der Waals surface area (Å²) >= 11 is 0. The van der Waals surface area contributed by atoms with Gasteiger partial charge in [-0.15, -0.1) is 0 Å². The quantitative estimate of drug-likeness (QED) is 0.822. The molecule has 2 heteroatoms. The summed E-state index contributed by atoms with van der Waals surface area (Å²) in [6.45, 7) is 8.67. The summed E-state index contributed by atoms with van der Waals surface area (Å²) in [6, 6.07) is 0.239. The molecule has 4 aliphatic carbocycles. The average molecular weight is 265 g/mol. The molecular weight excluding hydrogens is 234 g/mol. The van der Waals surface area contributed by atoms with E-state index in [9.17, 15) is 0 Å². The zero-order valence-corrected chi connectivity index (χ0v) is 13.0. The molecule has 0 amide bonds. The number of hydrogen-bond donors (Lipinski definition) is 1. The van der Waals surface area contributed by atoms with Crippen molar-refractivity contribution in [2.24, 2.45) is 27.9 Å². The maximum Gasteiger partial charge on any atom is 0.0617 e. The molecule has 0 spiro atoms. The van der Waals surface area contributed by atoms with Crippen LogP contribution in [0.1, 0.15) is 65.7 Å². The van der Waals surface area contributed by atoms with Gasteiger partial charge >= 0.3 is 0 Å². The molecule has 0 heterocycles. The van der Waals surface area contributed by atoms with Gasteiger partial charge in [0.2, 0.25) is 0 Å². The van der Waals surface area contributed by atoms with Crippen molar-refractivity contribution < 1.29 is 4.74 Å². The molecule has 3 atom stereocenters. The minimum Gasteiger partial charge on any atom is -0.380 e. The lowest BCUT2D eigenvalue weighted by Crippen LogP contribution is -2.56. The summed E-state index contributed by atoms with van der Waals surface area (Å²) in [5.41, 5.74) is 8.10. The third-order valence-electron chi connectivity index (χ3n) is 5.97. The summed E-state index contributed by atoms with van der Waals surface area (Å²) < 4.78 is 5.53. The Labute approximate surface area is 118 Å². The topological polar surface area (TPSA) is 35.2 Å². The van der Waals surface area contributed by atoms with Crippen molar-refractivity contribution in [1.29, 1.82) is 0 Å². The van der Waals surface area contributed by atoms with Crippen molar-refractivity contribution in [2.45, 2.75) is 71.8 Å². The minimum atomic E-state index is 0.239. The lowest BCUT2D eigenvalue weighted by atomic mass is 9.39. The van der Waals surface area contributed by atoms with E-state index >= 15 is 0 Å². The molecule has 4 bridgehead atoms. The molecule has 3 unspecified atom stereocenters. The molecule has 0 aromatic carbocycles. The van der Waals surface area contributed by atoms with Gasteiger partial charge in [0, 0.05) is 12.6 Å². The van der Waals surface area contributed by atoms with E-state index in [1.807, 2.05) is 0 Å². The van der Waals surface area contributed by atoms with Crippen LogP contribution in [0.2, 0.25) is 0 Å². The molecule has 2 N–H and O–H groups in total. The van der Waals surface area contributed by atoms with E-state index in [4.69, 9.17) is 10.5 Å². The van der Waals surface area contributed by atoms with Crippen LogP contribution in [0.25, 0.3) is 0 Å². The monoisotopic (exact) mass is 265 g/mol. The van der Waals surface area contributed by atoms with Gasteiger partial charge in [-0.25, -0.2) is 0 Å². The number of ether oxygens (including phenoxy) is 1. The Kier molecular flexibility index (Phi) is 3.26. The summed E-state index contributed by atoms with van der Waals surface area (Å²) in [5, 5.41) is 0. The van der Waals surface area contributed by atoms with Crippen LogP contribution in [0.4, 0.5) is 0 Å². The van der Waals surface area contributed by atoms with Gasteiger partial charge in [-0.3, -0.25) is 0 Å². The smallest absolute Gasteiger partial charge is 0.0617 e. The molecule has 0 saturated heterocycles. The number of nitrogens with two attached hydrogens (primary N) is 1. The first-order valence-electron chi connectivity index (χ1n) is 8.19.